The van der Waals surface area contributed by atoms with Crippen LogP contribution in [0.3, 0.4) is 0 Å². The zero-order chi connectivity index (χ0) is 17.4. The van der Waals surface area contributed by atoms with Crippen LogP contribution in [0.15, 0.2) is 11.2 Å². The van der Waals surface area contributed by atoms with Crippen molar-refractivity contribution in [1.82, 2.24) is 20.3 Å². The third-order valence-electron chi connectivity index (χ3n) is 4.06. The van der Waals surface area contributed by atoms with Crippen LogP contribution in [0.4, 0.5) is 0 Å². The minimum atomic E-state index is -3.23. The first-order chi connectivity index (χ1) is 11.5. The normalized spacial score (nSPS) is 15.4. The molecule has 1 aromatic heterocycles. The van der Waals surface area contributed by atoms with Crippen LogP contribution in [0.1, 0.15) is 36.1 Å². The van der Waals surface area contributed by atoms with E-state index >= 15 is 0 Å². The van der Waals surface area contributed by atoms with E-state index in [0.29, 0.717) is 31.5 Å². The maximum Gasteiger partial charge on any atom is 0.213 e. The van der Waals surface area contributed by atoms with E-state index in [9.17, 15) is 8.42 Å². The lowest BCUT2D eigenvalue weighted by molar-refractivity contribution is 0.316. The summed E-state index contributed by atoms with van der Waals surface area (Å²) in [5.74, 6) is 1.14. The summed E-state index contributed by atoms with van der Waals surface area (Å²) in [6.45, 7) is 3.57. The second kappa shape index (κ2) is 11.3. The summed E-state index contributed by atoms with van der Waals surface area (Å²) in [4.78, 5) is 9.69. The molecule has 10 heteroatoms. The molecular formula is C15H28IN5O2S2. The number of nitrogens with zero attached hydrogens (tertiary/aromatic N) is 2. The number of hydrogen-bond donors (Lipinski definition) is 3. The summed E-state index contributed by atoms with van der Waals surface area (Å²) in [6, 6.07) is 0. The summed E-state index contributed by atoms with van der Waals surface area (Å²) in [6.07, 6.45) is 6.35. The predicted molar refractivity (Wildman–Crippen MR) is 114 cm³/mol. The van der Waals surface area contributed by atoms with Gasteiger partial charge in [0.2, 0.25) is 10.0 Å². The van der Waals surface area contributed by atoms with Gasteiger partial charge in [0.05, 0.1) is 12.3 Å². The first-order valence-electron chi connectivity index (χ1n) is 8.38. The molecule has 1 aliphatic rings. The van der Waals surface area contributed by atoms with Gasteiger partial charge in [0.25, 0.3) is 0 Å². The van der Waals surface area contributed by atoms with E-state index in [2.05, 4.69) is 32.3 Å². The Bertz CT molecular complexity index is 644. The summed E-state index contributed by atoms with van der Waals surface area (Å²) >= 11 is 1.67. The van der Waals surface area contributed by atoms with Gasteiger partial charge in [-0.05, 0) is 25.2 Å². The number of thiazole rings is 1. The van der Waals surface area contributed by atoms with Gasteiger partial charge in [-0.25, -0.2) is 18.1 Å². The Balaban J connectivity index is 0.00000312. The Morgan fingerprint density at radius 2 is 2.16 bits per heavy atom. The number of guanidine groups is 1. The number of aliphatic imine (C=N–C) groups is 1. The molecule has 2 rings (SSSR count). The first-order valence-corrected chi connectivity index (χ1v) is 10.8. The van der Waals surface area contributed by atoms with Crippen molar-refractivity contribution in [3.63, 3.8) is 0 Å². The van der Waals surface area contributed by atoms with Gasteiger partial charge >= 0.3 is 0 Å². The van der Waals surface area contributed by atoms with Crippen molar-refractivity contribution in [2.45, 2.75) is 39.2 Å². The Labute approximate surface area is 171 Å². The van der Waals surface area contributed by atoms with Gasteiger partial charge in [0, 0.05) is 31.2 Å². The number of hydrogen-bond acceptors (Lipinski definition) is 5. The van der Waals surface area contributed by atoms with E-state index in [4.69, 9.17) is 0 Å². The lowest BCUT2D eigenvalue weighted by Gasteiger charge is -2.25. The van der Waals surface area contributed by atoms with Crippen LogP contribution < -0.4 is 15.4 Å². The Morgan fingerprint density at radius 1 is 1.40 bits per heavy atom. The van der Waals surface area contributed by atoms with Crippen LogP contribution in [-0.4, -0.2) is 45.3 Å². The second-order valence-corrected chi connectivity index (χ2v) is 9.02. The second-order valence-electron chi connectivity index (χ2n) is 5.89. The van der Waals surface area contributed by atoms with Gasteiger partial charge in [-0.2, -0.15) is 0 Å². The van der Waals surface area contributed by atoms with Crippen LogP contribution >= 0.6 is 35.3 Å². The van der Waals surface area contributed by atoms with Gasteiger partial charge in [-0.3, -0.25) is 4.99 Å². The molecule has 1 heterocycles. The first kappa shape index (κ1) is 22.6. The molecule has 1 saturated carbocycles. The SMILES string of the molecule is CCc1cnc(CNC(=NC)NCCS(=O)(=O)NCC2CCC2)s1.I. The molecule has 0 atom stereocenters. The van der Waals surface area contributed by atoms with Crippen molar-refractivity contribution < 1.29 is 8.42 Å². The molecule has 7 nitrogen and oxygen atoms in total. The highest BCUT2D eigenvalue weighted by atomic mass is 127. The van der Waals surface area contributed by atoms with Gasteiger partial charge in [0.1, 0.15) is 5.01 Å². The highest BCUT2D eigenvalue weighted by Crippen LogP contribution is 2.25. The maximum atomic E-state index is 11.9. The number of aromatic nitrogens is 1. The average Bonchev–Trinajstić information content (AvgIpc) is 2.97. The number of aryl methyl sites for hydroxylation is 1. The Hall–Kier alpha value is -0.460. The molecule has 0 aromatic carbocycles. The van der Waals surface area contributed by atoms with Crippen LogP contribution in [0.2, 0.25) is 0 Å². The zero-order valence-corrected chi connectivity index (χ0v) is 18.7. The number of sulfonamides is 1. The van der Waals surface area contributed by atoms with E-state index in [1.54, 1.807) is 18.4 Å². The van der Waals surface area contributed by atoms with Crippen LogP contribution in [0.5, 0.6) is 0 Å². The molecule has 1 aliphatic carbocycles. The average molecular weight is 501 g/mol. The number of halogens is 1. The van der Waals surface area contributed by atoms with Crippen molar-refractivity contribution in [2.24, 2.45) is 10.9 Å². The van der Waals surface area contributed by atoms with Gasteiger partial charge in [0.15, 0.2) is 5.96 Å². The molecule has 0 unspecified atom stereocenters. The maximum absolute atomic E-state index is 11.9. The molecule has 25 heavy (non-hydrogen) atoms. The van der Waals surface area contributed by atoms with E-state index in [1.165, 1.54) is 11.3 Å². The lowest BCUT2D eigenvalue weighted by Crippen LogP contribution is -2.41. The highest BCUT2D eigenvalue weighted by molar-refractivity contribution is 14.0. The lowest BCUT2D eigenvalue weighted by atomic mass is 9.86. The molecule has 0 radical (unpaired) electrons. The van der Waals surface area contributed by atoms with Gasteiger partial charge in [-0.1, -0.05) is 13.3 Å². The van der Waals surface area contributed by atoms with Crippen LogP contribution in [0, 0.1) is 5.92 Å². The topological polar surface area (TPSA) is 95.5 Å². The fraction of sp³-hybridized carbons (Fsp3) is 0.733. The summed E-state index contributed by atoms with van der Waals surface area (Å²) in [7, 11) is -1.56. The van der Waals surface area contributed by atoms with Gasteiger partial charge in [-0.15, -0.1) is 35.3 Å². The van der Waals surface area contributed by atoms with Crippen molar-refractivity contribution in [1.29, 1.82) is 0 Å². The van der Waals surface area contributed by atoms with E-state index in [-0.39, 0.29) is 29.7 Å². The monoisotopic (exact) mass is 501 g/mol. The molecule has 1 aromatic rings. The van der Waals surface area contributed by atoms with E-state index in [0.717, 1.165) is 24.3 Å². The predicted octanol–water partition coefficient (Wildman–Crippen LogP) is 1.71. The molecular weight excluding hydrogens is 473 g/mol. The third kappa shape index (κ3) is 8.18. The van der Waals surface area contributed by atoms with Crippen LogP contribution in [-0.2, 0) is 23.0 Å². The minimum Gasteiger partial charge on any atom is -0.355 e. The quantitative estimate of drug-likeness (QED) is 0.272. The van der Waals surface area contributed by atoms with Crippen LogP contribution in [0.25, 0.3) is 0 Å². The zero-order valence-electron chi connectivity index (χ0n) is 14.7. The summed E-state index contributed by atoms with van der Waals surface area (Å²) in [5.41, 5.74) is 0. The van der Waals surface area contributed by atoms with Crippen molar-refractivity contribution in [3.05, 3.63) is 16.1 Å². The Kier molecular flexibility index (Phi) is 10.2. The van der Waals surface area contributed by atoms with Crippen molar-refractivity contribution >= 4 is 51.3 Å². The molecule has 0 bridgehead atoms. The van der Waals surface area contributed by atoms with E-state index < -0.39 is 10.0 Å². The molecule has 0 saturated heterocycles. The molecule has 1 fully saturated rings. The summed E-state index contributed by atoms with van der Waals surface area (Å²) in [5, 5.41) is 7.17. The standard InChI is InChI=1S/C15H27N5O2S2.HI/c1-3-13-10-18-14(23-13)11-19-15(16-2)17-7-8-24(21,22)20-9-12-5-4-6-12;/h10,12,20H,3-9,11H2,1-2H3,(H2,16,17,19);1H. The highest BCUT2D eigenvalue weighted by Gasteiger charge is 2.20. The fourth-order valence-corrected chi connectivity index (χ4v) is 4.10. The number of rotatable bonds is 9. The molecule has 0 amide bonds. The Morgan fingerprint density at radius 3 is 2.72 bits per heavy atom. The summed E-state index contributed by atoms with van der Waals surface area (Å²) < 4.78 is 26.6. The molecule has 0 spiro atoms. The smallest absolute Gasteiger partial charge is 0.213 e. The van der Waals surface area contributed by atoms with Gasteiger partial charge < -0.3 is 10.6 Å². The number of nitrogens with one attached hydrogen (secondary N) is 3. The van der Waals surface area contributed by atoms with E-state index in [1.807, 2.05) is 6.20 Å². The fourth-order valence-electron chi connectivity index (χ4n) is 2.29. The largest absolute Gasteiger partial charge is 0.355 e. The minimum absolute atomic E-state index is 0. The third-order valence-corrected chi connectivity index (χ3v) is 6.55. The molecule has 3 N–H and O–H groups in total. The van der Waals surface area contributed by atoms with Crippen molar-refractivity contribution in [3.8, 4) is 0 Å². The molecule has 0 aliphatic heterocycles. The van der Waals surface area contributed by atoms with Crippen molar-refractivity contribution in [2.75, 3.05) is 25.9 Å². The molecule has 144 valence electrons.